The van der Waals surface area contributed by atoms with Crippen LogP contribution in [0.4, 0.5) is 10.2 Å². The summed E-state index contributed by atoms with van der Waals surface area (Å²) < 4.78 is 16.9. The number of fused-ring (bicyclic) bond motifs is 3. The van der Waals surface area contributed by atoms with Gasteiger partial charge < -0.3 is 10.6 Å². The molecule has 0 spiro atoms. The monoisotopic (exact) mass is 494 g/mol. The summed E-state index contributed by atoms with van der Waals surface area (Å²) in [6, 6.07) is 6.59. The van der Waals surface area contributed by atoms with Crippen molar-refractivity contribution in [3.8, 4) is 11.8 Å². The van der Waals surface area contributed by atoms with Gasteiger partial charge in [0, 0.05) is 42.0 Å². The van der Waals surface area contributed by atoms with Crippen LogP contribution >= 0.6 is 0 Å². The summed E-state index contributed by atoms with van der Waals surface area (Å²) in [5.41, 5.74) is 10.3. The highest BCUT2D eigenvalue weighted by atomic mass is 19.1. The first-order chi connectivity index (χ1) is 17.9. The molecule has 10 heteroatoms. The number of benzene rings is 1. The SMILES string of the molecule is Cc1[nH]ncc1C#Cc1ccc(CN(C(=O)c2cc3c(cc2F)nc(N)c2cnn(C)c23)C2CC2)nc1. The van der Waals surface area contributed by atoms with Gasteiger partial charge in [-0.15, -0.1) is 0 Å². The van der Waals surface area contributed by atoms with Crippen LogP contribution < -0.4 is 5.73 Å². The van der Waals surface area contributed by atoms with Crippen molar-refractivity contribution in [2.45, 2.75) is 32.4 Å². The molecule has 1 saturated carbocycles. The number of anilines is 1. The van der Waals surface area contributed by atoms with E-state index >= 15 is 4.39 Å². The van der Waals surface area contributed by atoms with E-state index in [1.807, 2.05) is 19.1 Å². The van der Waals surface area contributed by atoms with Crippen molar-refractivity contribution in [2.75, 3.05) is 5.73 Å². The Hall–Kier alpha value is -4.78. The Morgan fingerprint density at radius 1 is 1.22 bits per heavy atom. The van der Waals surface area contributed by atoms with Crippen molar-refractivity contribution >= 4 is 33.5 Å². The van der Waals surface area contributed by atoms with E-state index < -0.39 is 5.82 Å². The van der Waals surface area contributed by atoms with Gasteiger partial charge >= 0.3 is 0 Å². The lowest BCUT2D eigenvalue weighted by molar-refractivity contribution is 0.0723. The fourth-order valence-electron chi connectivity index (χ4n) is 4.43. The van der Waals surface area contributed by atoms with E-state index in [0.29, 0.717) is 27.5 Å². The molecule has 5 aromatic rings. The number of hydrogen-bond acceptors (Lipinski definition) is 6. The molecule has 0 bridgehead atoms. The van der Waals surface area contributed by atoms with Gasteiger partial charge in [0.2, 0.25) is 0 Å². The van der Waals surface area contributed by atoms with Gasteiger partial charge in [0.25, 0.3) is 5.91 Å². The highest BCUT2D eigenvalue weighted by Gasteiger charge is 2.34. The first-order valence-electron chi connectivity index (χ1n) is 11.9. The lowest BCUT2D eigenvalue weighted by Crippen LogP contribution is -2.33. The largest absolute Gasteiger partial charge is 0.383 e. The lowest BCUT2D eigenvalue weighted by atomic mass is 10.1. The lowest BCUT2D eigenvalue weighted by Gasteiger charge is -2.22. The molecule has 0 atom stereocenters. The second-order valence-corrected chi connectivity index (χ2v) is 9.24. The third-order valence-electron chi connectivity index (χ3n) is 6.60. The molecule has 184 valence electrons. The fourth-order valence-corrected chi connectivity index (χ4v) is 4.43. The van der Waals surface area contributed by atoms with Gasteiger partial charge in [-0.25, -0.2) is 9.37 Å². The maximum atomic E-state index is 15.2. The van der Waals surface area contributed by atoms with Crippen LogP contribution in [0.1, 0.15) is 45.7 Å². The predicted molar refractivity (Wildman–Crippen MR) is 137 cm³/mol. The highest BCUT2D eigenvalue weighted by Crippen LogP contribution is 2.33. The molecular formula is C27H23FN8O. The normalized spacial score (nSPS) is 13.1. The van der Waals surface area contributed by atoms with Crippen LogP contribution in [-0.4, -0.2) is 46.8 Å². The molecule has 1 fully saturated rings. The van der Waals surface area contributed by atoms with Gasteiger partial charge in [-0.05, 0) is 38.0 Å². The first kappa shape index (κ1) is 22.7. The molecule has 3 N–H and O–H groups in total. The third-order valence-corrected chi connectivity index (χ3v) is 6.60. The number of aromatic nitrogens is 6. The molecule has 37 heavy (non-hydrogen) atoms. The van der Waals surface area contributed by atoms with Crippen LogP contribution in [0.3, 0.4) is 0 Å². The number of nitrogens with zero attached hydrogens (tertiary/aromatic N) is 6. The number of halogens is 1. The van der Waals surface area contributed by atoms with Crippen LogP contribution in [0, 0.1) is 24.6 Å². The minimum Gasteiger partial charge on any atom is -0.383 e. The number of nitrogen functional groups attached to an aromatic ring is 1. The van der Waals surface area contributed by atoms with Crippen molar-refractivity contribution in [3.63, 3.8) is 0 Å². The summed E-state index contributed by atoms with van der Waals surface area (Å²) in [7, 11) is 1.78. The number of hydrogen-bond donors (Lipinski definition) is 2. The minimum absolute atomic E-state index is 0.00793. The smallest absolute Gasteiger partial charge is 0.257 e. The van der Waals surface area contributed by atoms with Crippen molar-refractivity contribution < 1.29 is 9.18 Å². The Labute approximate surface area is 211 Å². The van der Waals surface area contributed by atoms with E-state index in [4.69, 9.17) is 5.73 Å². The standard InChI is InChI=1S/C27H23FN8O/c1-15-17(12-31-34-15)5-3-16-4-6-18(30-11-16)14-36(19-7-8-19)27(37)20-9-21-24(10-23(20)28)33-26(29)22-13-32-35(2)25(21)22/h4,6,9-13,19H,7-8,14H2,1-2H3,(H2,29,33)(H,31,34). The zero-order valence-corrected chi connectivity index (χ0v) is 20.3. The molecule has 1 aliphatic rings. The molecule has 4 aromatic heterocycles. The van der Waals surface area contributed by atoms with E-state index in [2.05, 4.69) is 37.1 Å². The van der Waals surface area contributed by atoms with Gasteiger partial charge in [-0.3, -0.25) is 19.6 Å². The fraction of sp³-hybridized carbons (Fsp3) is 0.222. The molecule has 6 rings (SSSR count). The molecule has 1 aromatic carbocycles. The number of nitrogens with two attached hydrogens (primary N) is 1. The number of rotatable bonds is 4. The molecular weight excluding hydrogens is 471 g/mol. The van der Waals surface area contributed by atoms with Crippen molar-refractivity contribution in [3.05, 3.63) is 76.8 Å². The van der Waals surface area contributed by atoms with Gasteiger partial charge in [-0.1, -0.05) is 11.8 Å². The minimum atomic E-state index is -0.635. The van der Waals surface area contributed by atoms with Crippen LogP contribution in [-0.2, 0) is 13.6 Å². The molecule has 1 amide bonds. The Bertz CT molecular complexity index is 1740. The second kappa shape index (κ2) is 8.71. The summed E-state index contributed by atoms with van der Waals surface area (Å²) in [6.45, 7) is 2.18. The molecule has 0 saturated heterocycles. The highest BCUT2D eigenvalue weighted by molar-refractivity contribution is 6.10. The Morgan fingerprint density at radius 2 is 2.05 bits per heavy atom. The number of carbonyl (C=O) groups excluding carboxylic acids is 1. The molecule has 1 aliphatic carbocycles. The Kier molecular flexibility index (Phi) is 5.34. The Balaban J connectivity index is 1.30. The van der Waals surface area contributed by atoms with Gasteiger partial charge in [0.05, 0.1) is 52.2 Å². The molecule has 9 nitrogen and oxygen atoms in total. The molecule has 0 unspecified atom stereocenters. The number of H-pyrrole nitrogens is 1. The average Bonchev–Trinajstić information content (AvgIpc) is 3.53. The topological polar surface area (TPSA) is 119 Å². The van der Waals surface area contributed by atoms with Gasteiger partial charge in [0.1, 0.15) is 11.6 Å². The number of pyridine rings is 2. The van der Waals surface area contributed by atoms with E-state index in [1.54, 1.807) is 41.3 Å². The second-order valence-electron chi connectivity index (χ2n) is 9.24. The number of aryl methyl sites for hydroxylation is 2. The summed E-state index contributed by atoms with van der Waals surface area (Å²) in [6.07, 6.45) is 6.73. The van der Waals surface area contributed by atoms with Crippen molar-refractivity contribution in [2.24, 2.45) is 7.05 Å². The molecule has 4 heterocycles. The summed E-state index contributed by atoms with van der Waals surface area (Å²) in [4.78, 5) is 24.1. The third kappa shape index (κ3) is 4.14. The van der Waals surface area contributed by atoms with Crippen LogP contribution in [0.2, 0.25) is 0 Å². The maximum Gasteiger partial charge on any atom is 0.257 e. The van der Waals surface area contributed by atoms with Crippen LogP contribution in [0.15, 0.2) is 42.9 Å². The zero-order chi connectivity index (χ0) is 25.7. The Morgan fingerprint density at radius 3 is 2.76 bits per heavy atom. The van der Waals surface area contributed by atoms with E-state index in [0.717, 1.165) is 29.7 Å². The first-order valence-corrected chi connectivity index (χ1v) is 11.9. The number of carbonyl (C=O) groups is 1. The number of aromatic amines is 1. The summed E-state index contributed by atoms with van der Waals surface area (Å²) in [5, 5.41) is 12.4. The van der Waals surface area contributed by atoms with E-state index in [-0.39, 0.29) is 29.9 Å². The van der Waals surface area contributed by atoms with Crippen LogP contribution in [0.25, 0.3) is 21.8 Å². The van der Waals surface area contributed by atoms with Crippen LogP contribution in [0.5, 0.6) is 0 Å². The average molecular weight is 495 g/mol. The quantitative estimate of drug-likeness (QED) is 0.369. The summed E-state index contributed by atoms with van der Waals surface area (Å²) >= 11 is 0. The number of nitrogens with one attached hydrogen (secondary N) is 1. The molecule has 0 radical (unpaired) electrons. The maximum absolute atomic E-state index is 15.2. The predicted octanol–water partition coefficient (Wildman–Crippen LogP) is 3.47. The van der Waals surface area contributed by atoms with E-state index in [1.165, 1.54) is 6.07 Å². The van der Waals surface area contributed by atoms with Crippen molar-refractivity contribution in [1.82, 2.24) is 34.8 Å². The van der Waals surface area contributed by atoms with Gasteiger partial charge in [-0.2, -0.15) is 10.2 Å². The molecule has 0 aliphatic heterocycles. The van der Waals surface area contributed by atoms with Gasteiger partial charge in [0.15, 0.2) is 0 Å². The van der Waals surface area contributed by atoms with Crippen molar-refractivity contribution in [1.29, 1.82) is 0 Å². The summed E-state index contributed by atoms with van der Waals surface area (Å²) in [5.74, 6) is 5.40. The number of amides is 1. The van der Waals surface area contributed by atoms with E-state index in [9.17, 15) is 4.79 Å². The zero-order valence-electron chi connectivity index (χ0n) is 20.3.